The zero-order valence-electron chi connectivity index (χ0n) is 10.9. The Labute approximate surface area is 112 Å². The third kappa shape index (κ3) is 1.93. The van der Waals surface area contributed by atoms with Crippen LogP contribution in [0.5, 0.6) is 0 Å². The third-order valence-corrected chi connectivity index (χ3v) is 3.82. The average molecular weight is 285 g/mol. The molecule has 3 rings (SSSR count). The number of hydrogen-bond donors (Lipinski definition) is 1. The summed E-state index contributed by atoms with van der Waals surface area (Å²) in [4.78, 5) is 16.5. The summed E-state index contributed by atoms with van der Waals surface area (Å²) in [6.45, 7) is 0.776. The van der Waals surface area contributed by atoms with Crippen molar-refractivity contribution in [2.24, 2.45) is 0 Å². The van der Waals surface area contributed by atoms with Gasteiger partial charge < -0.3 is 4.98 Å². The SMILES string of the molecule is CN1CCCC1n1c(=O)[nH]c2cccc(C(F)(F)F)c21. The van der Waals surface area contributed by atoms with Gasteiger partial charge in [0.2, 0.25) is 0 Å². The molecule has 1 unspecified atom stereocenters. The summed E-state index contributed by atoms with van der Waals surface area (Å²) in [6.07, 6.45) is -3.25. The summed E-state index contributed by atoms with van der Waals surface area (Å²) in [6, 6.07) is 3.82. The molecule has 20 heavy (non-hydrogen) atoms. The van der Waals surface area contributed by atoms with E-state index < -0.39 is 17.4 Å². The first-order chi connectivity index (χ1) is 9.39. The molecular weight excluding hydrogens is 271 g/mol. The van der Waals surface area contributed by atoms with Gasteiger partial charge in [-0.3, -0.25) is 9.47 Å². The van der Waals surface area contributed by atoms with Crippen LogP contribution in [0, 0.1) is 0 Å². The van der Waals surface area contributed by atoms with Gasteiger partial charge in [0.1, 0.15) is 0 Å². The highest BCUT2D eigenvalue weighted by Crippen LogP contribution is 2.36. The number of hydrogen-bond acceptors (Lipinski definition) is 2. The highest BCUT2D eigenvalue weighted by molar-refractivity contribution is 5.79. The van der Waals surface area contributed by atoms with Crippen LogP contribution in [0.15, 0.2) is 23.0 Å². The van der Waals surface area contributed by atoms with Crippen molar-refractivity contribution >= 4 is 11.0 Å². The molecule has 2 aromatic rings. The van der Waals surface area contributed by atoms with Gasteiger partial charge in [-0.25, -0.2) is 4.79 Å². The Kier molecular flexibility index (Phi) is 2.89. The lowest BCUT2D eigenvalue weighted by Crippen LogP contribution is -2.30. The Hall–Kier alpha value is -1.76. The maximum absolute atomic E-state index is 13.1. The molecule has 1 aromatic heterocycles. The lowest BCUT2D eigenvalue weighted by molar-refractivity contribution is -0.136. The monoisotopic (exact) mass is 285 g/mol. The second-order valence-electron chi connectivity index (χ2n) is 5.10. The third-order valence-electron chi connectivity index (χ3n) is 3.82. The average Bonchev–Trinajstić information content (AvgIpc) is 2.89. The lowest BCUT2D eigenvalue weighted by Gasteiger charge is -2.22. The van der Waals surface area contributed by atoms with Gasteiger partial charge in [-0.2, -0.15) is 13.2 Å². The summed E-state index contributed by atoms with van der Waals surface area (Å²) in [7, 11) is 1.82. The van der Waals surface area contributed by atoms with Gasteiger partial charge in [-0.15, -0.1) is 0 Å². The van der Waals surface area contributed by atoms with Crippen LogP contribution in [-0.2, 0) is 6.18 Å². The first-order valence-corrected chi connectivity index (χ1v) is 6.40. The van der Waals surface area contributed by atoms with Crippen LogP contribution in [0.3, 0.4) is 0 Å². The second-order valence-corrected chi connectivity index (χ2v) is 5.10. The van der Waals surface area contributed by atoms with Gasteiger partial charge in [0.05, 0.1) is 22.8 Å². The van der Waals surface area contributed by atoms with Crippen LogP contribution >= 0.6 is 0 Å². The van der Waals surface area contributed by atoms with Crippen LogP contribution < -0.4 is 5.69 Å². The van der Waals surface area contributed by atoms with E-state index in [1.807, 2.05) is 11.9 Å². The number of nitrogens with one attached hydrogen (secondary N) is 1. The van der Waals surface area contributed by atoms with Crippen molar-refractivity contribution in [1.82, 2.24) is 14.5 Å². The van der Waals surface area contributed by atoms with Crippen LogP contribution in [0.4, 0.5) is 13.2 Å². The number of likely N-dealkylation sites (tertiary alicyclic amines) is 1. The normalized spacial score (nSPS) is 20.9. The Bertz CT molecular complexity index is 701. The summed E-state index contributed by atoms with van der Waals surface area (Å²) >= 11 is 0. The summed E-state index contributed by atoms with van der Waals surface area (Å²) < 4.78 is 40.7. The smallest absolute Gasteiger partial charge is 0.305 e. The number of nitrogens with zero attached hydrogens (tertiary/aromatic N) is 2. The van der Waals surface area contributed by atoms with Crippen LogP contribution in [0.2, 0.25) is 0 Å². The predicted octanol–water partition coefficient (Wildman–Crippen LogP) is 2.57. The maximum Gasteiger partial charge on any atom is 0.418 e. The molecule has 1 fully saturated rings. The number of aromatic nitrogens is 2. The Morgan fingerprint density at radius 1 is 1.35 bits per heavy atom. The van der Waals surface area contributed by atoms with Crippen molar-refractivity contribution in [2.45, 2.75) is 25.2 Å². The minimum absolute atomic E-state index is 0.0521. The van der Waals surface area contributed by atoms with E-state index in [0.717, 1.165) is 19.0 Å². The van der Waals surface area contributed by atoms with Crippen molar-refractivity contribution in [2.75, 3.05) is 13.6 Å². The van der Waals surface area contributed by atoms with E-state index in [1.54, 1.807) is 0 Å². The summed E-state index contributed by atoms with van der Waals surface area (Å²) in [5.74, 6) is 0. The van der Waals surface area contributed by atoms with Crippen molar-refractivity contribution in [3.8, 4) is 0 Å². The standard InChI is InChI=1S/C13H14F3N3O/c1-18-7-3-6-10(18)19-11-8(13(14,15)16)4-2-5-9(11)17-12(19)20/h2,4-5,10H,3,6-7H2,1H3,(H,17,20). The zero-order chi connectivity index (χ0) is 14.5. The number of H-pyrrole nitrogens is 1. The fraction of sp³-hybridized carbons (Fsp3) is 0.462. The van der Waals surface area contributed by atoms with Crippen molar-refractivity contribution in [3.63, 3.8) is 0 Å². The van der Waals surface area contributed by atoms with Crippen LogP contribution in [-0.4, -0.2) is 28.0 Å². The molecule has 2 heterocycles. The number of benzene rings is 1. The van der Waals surface area contributed by atoms with Gasteiger partial charge in [0.25, 0.3) is 0 Å². The molecule has 108 valence electrons. The van der Waals surface area contributed by atoms with Gasteiger partial charge in [0, 0.05) is 0 Å². The molecule has 1 atom stereocenters. The van der Waals surface area contributed by atoms with E-state index in [2.05, 4.69) is 4.98 Å². The summed E-state index contributed by atoms with van der Waals surface area (Å²) in [5.41, 5.74) is -1.09. The molecule has 7 heteroatoms. The van der Waals surface area contributed by atoms with Crippen LogP contribution in [0.1, 0.15) is 24.6 Å². The van der Waals surface area contributed by atoms with Gasteiger partial charge in [-0.05, 0) is 38.6 Å². The molecule has 1 aromatic carbocycles. The van der Waals surface area contributed by atoms with E-state index in [-0.39, 0.29) is 17.2 Å². The number of fused-ring (bicyclic) bond motifs is 1. The first-order valence-electron chi connectivity index (χ1n) is 6.40. The molecule has 0 aliphatic carbocycles. The highest BCUT2D eigenvalue weighted by Gasteiger charge is 2.36. The molecule has 1 aliphatic heterocycles. The zero-order valence-corrected chi connectivity index (χ0v) is 10.9. The second kappa shape index (κ2) is 4.37. The van der Waals surface area contributed by atoms with Gasteiger partial charge in [-0.1, -0.05) is 6.07 Å². The lowest BCUT2D eigenvalue weighted by atomic mass is 10.1. The fourth-order valence-electron chi connectivity index (χ4n) is 2.91. The fourth-order valence-corrected chi connectivity index (χ4v) is 2.91. The predicted molar refractivity (Wildman–Crippen MR) is 68.5 cm³/mol. The molecule has 1 saturated heterocycles. The van der Waals surface area contributed by atoms with Crippen molar-refractivity contribution in [1.29, 1.82) is 0 Å². The van der Waals surface area contributed by atoms with Gasteiger partial charge in [0.15, 0.2) is 0 Å². The minimum atomic E-state index is -4.48. The molecule has 0 spiro atoms. The van der Waals surface area contributed by atoms with Crippen molar-refractivity contribution < 1.29 is 13.2 Å². The quantitative estimate of drug-likeness (QED) is 0.875. The number of imidazole rings is 1. The minimum Gasteiger partial charge on any atom is -0.305 e. The van der Waals surface area contributed by atoms with E-state index in [0.29, 0.717) is 6.42 Å². The maximum atomic E-state index is 13.1. The van der Waals surface area contributed by atoms with E-state index >= 15 is 0 Å². The molecule has 1 aliphatic rings. The largest absolute Gasteiger partial charge is 0.418 e. The Morgan fingerprint density at radius 3 is 2.70 bits per heavy atom. The van der Waals surface area contributed by atoms with E-state index in [4.69, 9.17) is 0 Å². The van der Waals surface area contributed by atoms with E-state index in [1.165, 1.54) is 16.7 Å². The number of rotatable bonds is 1. The Morgan fingerprint density at radius 2 is 2.10 bits per heavy atom. The highest BCUT2D eigenvalue weighted by atomic mass is 19.4. The molecule has 0 saturated carbocycles. The summed E-state index contributed by atoms with van der Waals surface area (Å²) in [5, 5.41) is 0. The molecule has 0 radical (unpaired) electrons. The number of para-hydroxylation sites is 1. The molecule has 1 N–H and O–H groups in total. The van der Waals surface area contributed by atoms with Crippen molar-refractivity contribution in [3.05, 3.63) is 34.2 Å². The van der Waals surface area contributed by atoms with E-state index in [9.17, 15) is 18.0 Å². The topological polar surface area (TPSA) is 41.0 Å². The first kappa shape index (κ1) is 13.2. The van der Waals surface area contributed by atoms with Gasteiger partial charge >= 0.3 is 11.9 Å². The number of alkyl halides is 3. The molecule has 0 amide bonds. The van der Waals surface area contributed by atoms with Crippen LogP contribution in [0.25, 0.3) is 11.0 Å². The molecule has 4 nitrogen and oxygen atoms in total. The Balaban J connectivity index is 2.31. The molecule has 0 bridgehead atoms. The number of aromatic amines is 1. The number of halogens is 3. The molecular formula is C13H14F3N3O.